The van der Waals surface area contributed by atoms with Gasteiger partial charge in [-0.3, -0.25) is 4.90 Å². The summed E-state index contributed by atoms with van der Waals surface area (Å²) in [5.41, 5.74) is 6.23. The Morgan fingerprint density at radius 1 is 1.04 bits per heavy atom. The van der Waals surface area contributed by atoms with Crippen LogP contribution in [-0.4, -0.2) is 17.5 Å². The molecule has 1 aliphatic heterocycles. The average Bonchev–Trinajstić information content (AvgIpc) is 3.01. The molecule has 0 saturated heterocycles. The number of fused-ring (bicyclic) bond motifs is 1. The lowest BCUT2D eigenvalue weighted by Gasteiger charge is -2.30. The predicted octanol–water partition coefficient (Wildman–Crippen LogP) is 4.46. The molecule has 2 aromatic rings. The molecule has 2 heteroatoms. The van der Waals surface area contributed by atoms with Gasteiger partial charge in [-0.2, -0.15) is 0 Å². The summed E-state index contributed by atoms with van der Waals surface area (Å²) in [5.74, 6) is 7.69. The first-order chi connectivity index (χ1) is 11.4. The molecule has 3 rings (SSSR count). The Hall–Kier alpha value is -2.24. The number of hydrogen-bond donors (Lipinski definition) is 0. The summed E-state index contributed by atoms with van der Waals surface area (Å²) >= 11 is 0. The molecule has 0 fully saturated rings. The summed E-state index contributed by atoms with van der Waals surface area (Å²) < 4.78 is 5.39. The van der Waals surface area contributed by atoms with Crippen molar-refractivity contribution in [1.29, 1.82) is 0 Å². The summed E-state index contributed by atoms with van der Waals surface area (Å²) in [6.07, 6.45) is 0. The van der Waals surface area contributed by atoms with Crippen molar-refractivity contribution in [3.63, 3.8) is 0 Å². The van der Waals surface area contributed by atoms with E-state index in [4.69, 9.17) is 4.74 Å². The third-order valence-corrected chi connectivity index (χ3v) is 4.93. The summed E-state index contributed by atoms with van der Waals surface area (Å²) in [5, 5.41) is 0. The summed E-state index contributed by atoms with van der Waals surface area (Å²) in [6.45, 7) is 10.6. The number of ether oxygens (including phenoxy) is 1. The van der Waals surface area contributed by atoms with Gasteiger partial charge in [-0.25, -0.2) is 0 Å². The van der Waals surface area contributed by atoms with E-state index in [-0.39, 0.29) is 5.54 Å². The molecule has 2 aromatic carbocycles. The van der Waals surface area contributed by atoms with Crippen molar-refractivity contribution in [1.82, 2.24) is 4.90 Å². The molecule has 0 spiro atoms. The number of rotatable bonds is 2. The van der Waals surface area contributed by atoms with Crippen LogP contribution in [0.1, 0.15) is 41.7 Å². The van der Waals surface area contributed by atoms with Gasteiger partial charge in [0.25, 0.3) is 0 Å². The van der Waals surface area contributed by atoms with E-state index in [0.717, 1.165) is 30.0 Å². The van der Waals surface area contributed by atoms with Gasteiger partial charge in [0.2, 0.25) is 0 Å². The first-order valence-corrected chi connectivity index (χ1v) is 8.41. The van der Waals surface area contributed by atoms with Crippen molar-refractivity contribution < 1.29 is 4.74 Å². The number of nitrogens with zero attached hydrogens (tertiary/aromatic N) is 1. The Labute approximate surface area is 145 Å². The Morgan fingerprint density at radius 3 is 2.54 bits per heavy atom. The monoisotopic (exact) mass is 319 g/mol. The topological polar surface area (TPSA) is 12.5 Å². The second-order valence-corrected chi connectivity index (χ2v) is 7.06. The molecule has 2 nitrogen and oxygen atoms in total. The van der Waals surface area contributed by atoms with Gasteiger partial charge in [0.1, 0.15) is 5.75 Å². The molecule has 0 unspecified atom stereocenters. The highest BCUT2D eigenvalue weighted by Gasteiger charge is 2.30. The highest BCUT2D eigenvalue weighted by molar-refractivity contribution is 5.45. The highest BCUT2D eigenvalue weighted by Crippen LogP contribution is 2.31. The normalized spacial score (nSPS) is 14.0. The van der Waals surface area contributed by atoms with Crippen molar-refractivity contribution in [2.75, 3.05) is 7.11 Å². The van der Waals surface area contributed by atoms with Crippen LogP contribution >= 0.6 is 0 Å². The molecule has 0 aromatic heterocycles. The minimum Gasteiger partial charge on any atom is -0.496 e. The van der Waals surface area contributed by atoms with Gasteiger partial charge in [0.15, 0.2) is 0 Å². The van der Waals surface area contributed by atoms with Crippen molar-refractivity contribution >= 4 is 0 Å². The van der Waals surface area contributed by atoms with Gasteiger partial charge in [0.05, 0.1) is 12.6 Å². The number of methoxy groups -OCH3 is 1. The van der Waals surface area contributed by atoms with E-state index < -0.39 is 0 Å². The lowest BCUT2D eigenvalue weighted by molar-refractivity contribution is 0.171. The van der Waals surface area contributed by atoms with Crippen LogP contribution in [0.5, 0.6) is 5.75 Å². The van der Waals surface area contributed by atoms with Gasteiger partial charge in [-0.15, -0.1) is 0 Å². The largest absolute Gasteiger partial charge is 0.496 e. The SMILES string of the molecule is COc1cc(C#CC(C)(C)N2Cc3cccc(C)c3C2)ccc1C. The van der Waals surface area contributed by atoms with Crippen LogP contribution < -0.4 is 4.74 Å². The fourth-order valence-electron chi connectivity index (χ4n) is 3.19. The highest BCUT2D eigenvalue weighted by atomic mass is 16.5. The van der Waals surface area contributed by atoms with Crippen molar-refractivity contribution in [3.05, 3.63) is 64.2 Å². The van der Waals surface area contributed by atoms with Crippen LogP contribution in [0, 0.1) is 25.7 Å². The molecule has 124 valence electrons. The lowest BCUT2D eigenvalue weighted by atomic mass is 10.0. The summed E-state index contributed by atoms with van der Waals surface area (Å²) in [7, 11) is 1.70. The Morgan fingerprint density at radius 2 is 1.83 bits per heavy atom. The maximum atomic E-state index is 5.39. The van der Waals surface area contributed by atoms with Crippen LogP contribution in [0.15, 0.2) is 36.4 Å². The van der Waals surface area contributed by atoms with Crippen LogP contribution in [0.25, 0.3) is 0 Å². The Balaban J connectivity index is 1.82. The predicted molar refractivity (Wildman–Crippen MR) is 99.1 cm³/mol. The standard InChI is InChI=1S/C22H25NO/c1-16-7-6-8-19-14-23(15-20(16)19)22(3,4)12-11-18-10-9-17(2)21(13-18)24-5/h6-10,13H,14-15H2,1-5H3. The third kappa shape index (κ3) is 3.18. The first kappa shape index (κ1) is 16.6. The van der Waals surface area contributed by atoms with Gasteiger partial charge in [-0.1, -0.05) is 36.1 Å². The van der Waals surface area contributed by atoms with E-state index in [0.29, 0.717) is 0 Å². The minimum atomic E-state index is -0.177. The molecular weight excluding hydrogens is 294 g/mol. The van der Waals surface area contributed by atoms with Crippen LogP contribution in [0.4, 0.5) is 0 Å². The minimum absolute atomic E-state index is 0.177. The van der Waals surface area contributed by atoms with Crippen molar-refractivity contribution in [3.8, 4) is 17.6 Å². The summed E-state index contributed by atoms with van der Waals surface area (Å²) in [6, 6.07) is 12.7. The zero-order chi connectivity index (χ0) is 17.3. The second-order valence-electron chi connectivity index (χ2n) is 7.06. The van der Waals surface area contributed by atoms with E-state index in [2.05, 4.69) is 67.8 Å². The maximum Gasteiger partial charge on any atom is 0.123 e. The van der Waals surface area contributed by atoms with E-state index >= 15 is 0 Å². The molecule has 0 saturated carbocycles. The smallest absolute Gasteiger partial charge is 0.123 e. The molecule has 1 aliphatic rings. The Kier molecular flexibility index (Phi) is 4.39. The molecule has 0 N–H and O–H groups in total. The molecule has 0 atom stereocenters. The second kappa shape index (κ2) is 6.34. The molecule has 0 bridgehead atoms. The third-order valence-electron chi connectivity index (χ3n) is 4.93. The number of hydrogen-bond acceptors (Lipinski definition) is 2. The van der Waals surface area contributed by atoms with E-state index in [1.807, 2.05) is 13.0 Å². The van der Waals surface area contributed by atoms with E-state index in [1.54, 1.807) is 7.11 Å². The zero-order valence-electron chi connectivity index (χ0n) is 15.2. The van der Waals surface area contributed by atoms with E-state index in [1.165, 1.54) is 16.7 Å². The fourth-order valence-corrected chi connectivity index (χ4v) is 3.19. The van der Waals surface area contributed by atoms with Crippen LogP contribution in [0.3, 0.4) is 0 Å². The van der Waals surface area contributed by atoms with Crippen LogP contribution in [0.2, 0.25) is 0 Å². The molecule has 0 radical (unpaired) electrons. The first-order valence-electron chi connectivity index (χ1n) is 8.41. The average molecular weight is 319 g/mol. The van der Waals surface area contributed by atoms with Gasteiger partial charge in [0, 0.05) is 18.7 Å². The molecule has 0 amide bonds. The van der Waals surface area contributed by atoms with Crippen molar-refractivity contribution in [2.24, 2.45) is 0 Å². The van der Waals surface area contributed by atoms with Crippen molar-refractivity contribution in [2.45, 2.75) is 46.3 Å². The molecular formula is C22H25NO. The van der Waals surface area contributed by atoms with Gasteiger partial charge >= 0.3 is 0 Å². The maximum absolute atomic E-state index is 5.39. The lowest BCUT2D eigenvalue weighted by Crippen LogP contribution is -2.38. The molecule has 24 heavy (non-hydrogen) atoms. The summed E-state index contributed by atoms with van der Waals surface area (Å²) in [4.78, 5) is 2.45. The molecule has 1 heterocycles. The quantitative estimate of drug-likeness (QED) is 0.758. The van der Waals surface area contributed by atoms with E-state index in [9.17, 15) is 0 Å². The fraction of sp³-hybridized carbons (Fsp3) is 0.364. The molecule has 0 aliphatic carbocycles. The van der Waals surface area contributed by atoms with Gasteiger partial charge < -0.3 is 4.74 Å². The van der Waals surface area contributed by atoms with Crippen LogP contribution in [-0.2, 0) is 13.1 Å². The Bertz CT molecular complexity index is 824. The number of aryl methyl sites for hydroxylation is 2. The van der Waals surface area contributed by atoms with Gasteiger partial charge in [-0.05, 0) is 62.1 Å². The zero-order valence-corrected chi connectivity index (χ0v) is 15.2. The number of benzene rings is 2.